The summed E-state index contributed by atoms with van der Waals surface area (Å²) in [6.45, 7) is 3.83. The third-order valence-corrected chi connectivity index (χ3v) is 14.1. The summed E-state index contributed by atoms with van der Waals surface area (Å²) < 4.78 is 13.6. The number of para-hydroxylation sites is 3. The van der Waals surface area contributed by atoms with Crippen molar-refractivity contribution in [2.75, 3.05) is 14.7 Å². The average Bonchev–Trinajstić information content (AvgIpc) is 4.25. The zero-order chi connectivity index (χ0) is 49.2. The fourth-order valence-corrected chi connectivity index (χ4v) is 10.3. The van der Waals surface area contributed by atoms with Crippen LogP contribution in [0.25, 0.3) is 0 Å². The van der Waals surface area contributed by atoms with Gasteiger partial charge in [0.1, 0.15) is 23.0 Å². The van der Waals surface area contributed by atoms with E-state index in [-0.39, 0.29) is 23.5 Å². The van der Waals surface area contributed by atoms with Crippen molar-refractivity contribution in [2.24, 2.45) is 15.0 Å². The fraction of sp³-hybridized carbons (Fsp3) is 0.0357. The van der Waals surface area contributed by atoms with Gasteiger partial charge in [0.2, 0.25) is 0 Å². The lowest BCUT2D eigenvalue weighted by Gasteiger charge is -2.14. The van der Waals surface area contributed by atoms with Gasteiger partial charge < -0.3 is 0 Å². The topological polar surface area (TPSA) is 98.0 Å². The molecule has 0 N–H and O–H groups in total. The molecule has 6 aromatic carbocycles. The Hall–Kier alpha value is -7.65. The number of anilines is 6. The minimum Gasteiger partial charge on any atom is -0.274 e. The smallest absolute Gasteiger partial charge is 0.274 e. The van der Waals surface area contributed by atoms with E-state index in [1.54, 1.807) is 68.6 Å². The van der Waals surface area contributed by atoms with Crippen LogP contribution in [0.4, 0.5) is 55.6 Å². The second-order valence-corrected chi connectivity index (χ2v) is 19.4. The number of aliphatic imine (C=N–C) groups is 3. The number of carbonyl (C=O) groups is 3. The van der Waals surface area contributed by atoms with Gasteiger partial charge in [0.05, 0.1) is 61.2 Å². The molecule has 15 heteroatoms. The van der Waals surface area contributed by atoms with Gasteiger partial charge in [0.15, 0.2) is 0 Å². The van der Waals surface area contributed by atoms with Crippen LogP contribution in [0.3, 0.4) is 0 Å². The Morgan fingerprint density at radius 2 is 0.831 bits per heavy atom. The molecule has 71 heavy (non-hydrogen) atoms. The maximum absolute atomic E-state index is 13.6. The molecule has 6 heterocycles. The Balaban J connectivity index is 0.000000123. The van der Waals surface area contributed by atoms with Crippen LogP contribution >= 0.6 is 57.2 Å². The van der Waals surface area contributed by atoms with Crippen molar-refractivity contribution in [3.63, 3.8) is 0 Å². The van der Waals surface area contributed by atoms with E-state index in [4.69, 9.17) is 23.2 Å². The SMILES string of the molecule is Cc1cc(F)cc(N=C2C(=O)N(c3ccsc3)c3ccccc32)c1.Cc1ccc(N=C2C(=O)N(c3ccsc3)c3ccccc32)cc1.O=C1C(=Nc2ccc(Cl)c(Cl)c2)c2ccccc2N1c1ccsc1. The van der Waals surface area contributed by atoms with Crippen LogP contribution in [0.2, 0.25) is 10.0 Å². The summed E-state index contributed by atoms with van der Waals surface area (Å²) in [7, 11) is 0. The first kappa shape index (κ1) is 47.0. The summed E-state index contributed by atoms with van der Waals surface area (Å²) in [5.41, 5.74) is 12.5. The molecule has 3 amide bonds. The quantitative estimate of drug-likeness (QED) is 0.166. The van der Waals surface area contributed by atoms with Crippen molar-refractivity contribution in [1.82, 2.24) is 0 Å². The van der Waals surface area contributed by atoms with Gasteiger partial charge in [-0.1, -0.05) is 95.5 Å². The molecule has 0 aliphatic carbocycles. The summed E-state index contributed by atoms with van der Waals surface area (Å²) >= 11 is 16.6. The number of carbonyl (C=O) groups excluding carboxylic acids is 3. The van der Waals surface area contributed by atoms with Gasteiger partial charge in [-0.05, 0) is 120 Å². The Kier molecular flexibility index (Phi) is 13.5. The number of rotatable bonds is 6. The van der Waals surface area contributed by atoms with Gasteiger partial charge in [-0.25, -0.2) is 19.4 Å². The van der Waals surface area contributed by atoms with Gasteiger partial charge in [-0.15, -0.1) is 0 Å². The molecule has 0 unspecified atom stereocenters. The molecular formula is C56H37Cl2FN6O3S3. The zero-order valence-electron chi connectivity index (χ0n) is 37.7. The minimum absolute atomic E-state index is 0.0785. The van der Waals surface area contributed by atoms with Crippen molar-refractivity contribution < 1.29 is 18.8 Å². The molecule has 0 bridgehead atoms. The van der Waals surface area contributed by atoms with E-state index < -0.39 is 0 Å². The number of thiophene rings is 3. The molecule has 0 fully saturated rings. The van der Waals surface area contributed by atoms with Crippen LogP contribution < -0.4 is 14.7 Å². The molecule has 0 saturated carbocycles. The van der Waals surface area contributed by atoms with Crippen LogP contribution in [0, 0.1) is 19.7 Å². The van der Waals surface area contributed by atoms with Gasteiger partial charge >= 0.3 is 0 Å². The molecule has 0 spiro atoms. The Morgan fingerprint density at radius 1 is 0.423 bits per heavy atom. The molecule has 3 aliphatic heterocycles. The number of halogens is 3. The van der Waals surface area contributed by atoms with E-state index in [0.29, 0.717) is 38.6 Å². The first-order valence-electron chi connectivity index (χ1n) is 22.0. The Bertz CT molecular complexity index is 3560. The number of benzene rings is 6. The molecule has 9 aromatic rings. The number of amides is 3. The zero-order valence-corrected chi connectivity index (χ0v) is 41.6. The van der Waals surface area contributed by atoms with Crippen molar-refractivity contribution in [1.29, 1.82) is 0 Å². The van der Waals surface area contributed by atoms with Gasteiger partial charge in [0, 0.05) is 32.8 Å². The fourth-order valence-electron chi connectivity index (χ4n) is 8.19. The number of aryl methyl sites for hydroxylation is 2. The highest BCUT2D eigenvalue weighted by molar-refractivity contribution is 7.09. The third-order valence-electron chi connectivity index (χ3n) is 11.4. The van der Waals surface area contributed by atoms with Crippen LogP contribution in [-0.2, 0) is 14.4 Å². The van der Waals surface area contributed by atoms with Crippen LogP contribution in [-0.4, -0.2) is 34.9 Å². The van der Waals surface area contributed by atoms with Crippen LogP contribution in [0.1, 0.15) is 27.8 Å². The molecule has 3 aliphatic rings. The largest absolute Gasteiger partial charge is 0.282 e. The molecule has 0 radical (unpaired) electrons. The molecule has 12 rings (SSSR count). The Morgan fingerprint density at radius 3 is 1.24 bits per heavy atom. The predicted molar refractivity (Wildman–Crippen MR) is 291 cm³/mol. The predicted octanol–water partition coefficient (Wildman–Crippen LogP) is 15.7. The van der Waals surface area contributed by atoms with Crippen molar-refractivity contribution in [3.8, 4) is 0 Å². The molecule has 0 atom stereocenters. The monoisotopic (exact) mass is 1030 g/mol. The number of hydrogen-bond donors (Lipinski definition) is 0. The lowest BCUT2D eigenvalue weighted by atomic mass is 10.1. The maximum atomic E-state index is 13.6. The highest BCUT2D eigenvalue weighted by Crippen LogP contribution is 2.41. The highest BCUT2D eigenvalue weighted by Gasteiger charge is 2.37. The van der Waals surface area contributed by atoms with E-state index in [2.05, 4.69) is 15.0 Å². The van der Waals surface area contributed by atoms with Gasteiger partial charge in [0.25, 0.3) is 17.7 Å². The molecule has 348 valence electrons. The number of nitrogens with zero attached hydrogens (tertiary/aromatic N) is 6. The molecular weight excluding hydrogens is 991 g/mol. The van der Waals surface area contributed by atoms with E-state index in [1.807, 2.05) is 154 Å². The summed E-state index contributed by atoms with van der Waals surface area (Å²) in [4.78, 5) is 57.5. The van der Waals surface area contributed by atoms with E-state index in [9.17, 15) is 18.8 Å². The van der Waals surface area contributed by atoms with E-state index in [0.717, 1.165) is 62.1 Å². The lowest BCUT2D eigenvalue weighted by Crippen LogP contribution is -2.24. The van der Waals surface area contributed by atoms with Crippen LogP contribution in [0.15, 0.2) is 199 Å². The van der Waals surface area contributed by atoms with Crippen molar-refractivity contribution >= 4 is 143 Å². The standard InChI is InChI=1S/C19H13FN2OS.C19H14N2OS.C18H10Cl2N2OS/c1-12-8-13(20)10-14(9-12)21-18-16-4-2-3-5-17(16)22(19(18)23)15-6-7-24-11-15;1-13-6-8-14(9-7-13)20-18-16-4-2-3-5-17(16)21(19(18)22)15-10-11-23-12-15;19-14-6-5-11(9-15(14)20)21-17-13-3-1-2-4-16(13)22(18(17)23)12-7-8-24-10-12/h2-11H,1H3;2-12H,1H3;1-10H. The van der Waals surface area contributed by atoms with E-state index in [1.165, 1.54) is 29.0 Å². The Labute approximate surface area is 430 Å². The number of hydrogen-bond acceptors (Lipinski definition) is 9. The second kappa shape index (κ2) is 20.4. The van der Waals surface area contributed by atoms with E-state index >= 15 is 0 Å². The second-order valence-electron chi connectivity index (χ2n) is 16.2. The summed E-state index contributed by atoms with van der Waals surface area (Å²) in [5.74, 6) is -0.787. The first-order chi connectivity index (χ1) is 34.5. The molecule has 0 saturated heterocycles. The van der Waals surface area contributed by atoms with Crippen LogP contribution in [0.5, 0.6) is 0 Å². The van der Waals surface area contributed by atoms with Gasteiger partial charge in [-0.2, -0.15) is 34.0 Å². The maximum Gasteiger partial charge on any atom is 0.282 e. The van der Waals surface area contributed by atoms with Gasteiger partial charge in [-0.3, -0.25) is 29.1 Å². The molecule has 9 nitrogen and oxygen atoms in total. The normalized spacial score (nSPS) is 15.2. The molecule has 3 aromatic heterocycles. The summed E-state index contributed by atoms with van der Waals surface area (Å²) in [5, 5.41) is 12.5. The minimum atomic E-state index is -0.359. The van der Waals surface area contributed by atoms with Crippen molar-refractivity contribution in [2.45, 2.75) is 13.8 Å². The lowest BCUT2D eigenvalue weighted by molar-refractivity contribution is -0.112. The highest BCUT2D eigenvalue weighted by atomic mass is 35.5. The van der Waals surface area contributed by atoms with Crippen molar-refractivity contribution in [3.05, 3.63) is 228 Å². The summed E-state index contributed by atoms with van der Waals surface area (Å²) in [6.07, 6.45) is 0. The number of fused-ring (bicyclic) bond motifs is 3. The summed E-state index contributed by atoms with van der Waals surface area (Å²) in [6, 6.07) is 46.2. The third kappa shape index (κ3) is 9.66. The first-order valence-corrected chi connectivity index (χ1v) is 25.5. The average molecular weight is 1030 g/mol.